The van der Waals surface area contributed by atoms with Crippen LogP contribution >= 0.6 is 57.7 Å². The Balaban J connectivity index is 1.75. The average Bonchev–Trinajstić information content (AvgIpc) is 3.03. The number of hydrogen-bond donors (Lipinski definition) is 2. The molecule has 0 aliphatic carbocycles. The quantitative estimate of drug-likeness (QED) is 0.361. The molecule has 25 heavy (non-hydrogen) atoms. The fourth-order valence-electron chi connectivity index (χ4n) is 1.95. The van der Waals surface area contributed by atoms with Gasteiger partial charge in [0.1, 0.15) is 5.75 Å². The van der Waals surface area contributed by atoms with Gasteiger partial charge in [-0.05, 0) is 24.3 Å². The fourth-order valence-corrected chi connectivity index (χ4v) is 3.43. The predicted molar refractivity (Wildman–Crippen MR) is 107 cm³/mol. The lowest BCUT2D eigenvalue weighted by atomic mass is 10.2. The molecule has 0 spiro atoms. The molecule has 9 heteroatoms. The van der Waals surface area contributed by atoms with Gasteiger partial charge in [-0.25, -0.2) is 4.98 Å². The number of hydrogen-bond acceptors (Lipinski definition) is 5. The second-order valence-corrected chi connectivity index (χ2v) is 7.38. The van der Waals surface area contributed by atoms with Gasteiger partial charge in [-0.15, -0.1) is 11.3 Å². The first-order valence-corrected chi connectivity index (χ1v) is 9.21. The Morgan fingerprint density at radius 1 is 1.04 bits per heavy atom. The first-order chi connectivity index (χ1) is 11.9. The van der Waals surface area contributed by atoms with E-state index in [1.165, 1.54) is 23.6 Å². The minimum Gasteiger partial charge on any atom is -0.506 e. The molecule has 1 heterocycles. The van der Waals surface area contributed by atoms with Gasteiger partial charge < -0.3 is 5.11 Å². The van der Waals surface area contributed by atoms with Crippen LogP contribution in [0, 0.1) is 0 Å². The number of hydrazone groups is 1. The minimum absolute atomic E-state index is 0.0905. The van der Waals surface area contributed by atoms with Crippen LogP contribution in [0.5, 0.6) is 5.75 Å². The van der Waals surface area contributed by atoms with Crippen LogP contribution in [0.3, 0.4) is 0 Å². The summed E-state index contributed by atoms with van der Waals surface area (Å²) in [6, 6.07) is 8.31. The largest absolute Gasteiger partial charge is 0.506 e. The highest BCUT2D eigenvalue weighted by Crippen LogP contribution is 2.31. The van der Waals surface area contributed by atoms with Crippen molar-refractivity contribution in [2.75, 3.05) is 5.43 Å². The number of aromatic hydroxyl groups is 1. The molecular formula is C16H9Cl4N3OS. The molecule has 2 aromatic carbocycles. The average molecular weight is 433 g/mol. The molecule has 128 valence electrons. The Labute approximate surface area is 167 Å². The number of phenolic OH excluding ortho intramolecular Hbond substituents is 1. The molecule has 0 fully saturated rings. The molecule has 0 aliphatic heterocycles. The number of nitrogens with one attached hydrogen (secondary N) is 1. The van der Waals surface area contributed by atoms with Crippen molar-refractivity contribution >= 4 is 69.1 Å². The zero-order valence-corrected chi connectivity index (χ0v) is 16.1. The molecule has 2 N–H and O–H groups in total. The topological polar surface area (TPSA) is 57.5 Å². The zero-order chi connectivity index (χ0) is 18.0. The summed E-state index contributed by atoms with van der Waals surface area (Å²) < 4.78 is 0. The van der Waals surface area contributed by atoms with Crippen molar-refractivity contribution in [1.82, 2.24) is 4.98 Å². The highest BCUT2D eigenvalue weighted by molar-refractivity contribution is 7.14. The van der Waals surface area contributed by atoms with E-state index < -0.39 is 0 Å². The Bertz CT molecular complexity index is 959. The van der Waals surface area contributed by atoms with Crippen molar-refractivity contribution in [2.45, 2.75) is 0 Å². The molecule has 3 rings (SSSR count). The summed E-state index contributed by atoms with van der Waals surface area (Å²) in [4.78, 5) is 4.42. The van der Waals surface area contributed by atoms with Gasteiger partial charge in [0.15, 0.2) is 0 Å². The Kier molecular flexibility index (Phi) is 5.71. The van der Waals surface area contributed by atoms with Crippen LogP contribution in [-0.2, 0) is 0 Å². The van der Waals surface area contributed by atoms with Crippen LogP contribution in [0.1, 0.15) is 5.56 Å². The number of aromatic nitrogens is 1. The van der Waals surface area contributed by atoms with E-state index >= 15 is 0 Å². The van der Waals surface area contributed by atoms with Crippen molar-refractivity contribution in [3.63, 3.8) is 0 Å². The van der Waals surface area contributed by atoms with Crippen molar-refractivity contribution in [2.24, 2.45) is 5.10 Å². The van der Waals surface area contributed by atoms with E-state index in [2.05, 4.69) is 15.5 Å². The van der Waals surface area contributed by atoms with Gasteiger partial charge in [0.2, 0.25) is 5.13 Å². The van der Waals surface area contributed by atoms with Crippen LogP contribution in [0.4, 0.5) is 5.13 Å². The number of benzene rings is 2. The molecule has 1 aromatic heterocycles. The second kappa shape index (κ2) is 7.81. The molecular weight excluding hydrogens is 424 g/mol. The number of halogens is 4. The monoisotopic (exact) mass is 431 g/mol. The van der Waals surface area contributed by atoms with Crippen molar-refractivity contribution in [1.29, 1.82) is 0 Å². The van der Waals surface area contributed by atoms with E-state index in [4.69, 9.17) is 46.4 Å². The Morgan fingerprint density at radius 3 is 2.60 bits per heavy atom. The molecule has 0 aliphatic rings. The van der Waals surface area contributed by atoms with Crippen molar-refractivity contribution in [3.8, 4) is 17.0 Å². The lowest BCUT2D eigenvalue weighted by Gasteiger charge is -2.02. The van der Waals surface area contributed by atoms with Crippen LogP contribution in [0.15, 0.2) is 40.8 Å². The van der Waals surface area contributed by atoms with E-state index in [0.29, 0.717) is 25.8 Å². The molecule has 0 unspecified atom stereocenters. The third kappa shape index (κ3) is 4.37. The molecule has 3 aromatic rings. The molecule has 0 amide bonds. The summed E-state index contributed by atoms with van der Waals surface area (Å²) in [5.41, 5.74) is 4.78. The van der Waals surface area contributed by atoms with Crippen LogP contribution in [-0.4, -0.2) is 16.3 Å². The predicted octanol–water partition coefficient (Wildman–Crippen LogP) is 6.58. The molecule has 0 saturated carbocycles. The Morgan fingerprint density at radius 2 is 1.84 bits per heavy atom. The highest BCUT2D eigenvalue weighted by Gasteiger charge is 2.08. The van der Waals surface area contributed by atoms with Gasteiger partial charge in [0, 0.05) is 21.5 Å². The first-order valence-electron chi connectivity index (χ1n) is 6.82. The number of nitrogens with zero attached hydrogens (tertiary/aromatic N) is 2. The van der Waals surface area contributed by atoms with Crippen molar-refractivity contribution < 1.29 is 5.11 Å². The number of rotatable bonds is 4. The molecule has 4 nitrogen and oxygen atoms in total. The lowest BCUT2D eigenvalue weighted by molar-refractivity contribution is 0.475. The van der Waals surface area contributed by atoms with E-state index in [1.807, 2.05) is 11.4 Å². The van der Waals surface area contributed by atoms with Gasteiger partial charge in [-0.2, -0.15) is 5.10 Å². The number of thiazole rings is 1. The summed E-state index contributed by atoms with van der Waals surface area (Å²) in [6.45, 7) is 0. The maximum Gasteiger partial charge on any atom is 0.203 e. The Hall–Kier alpha value is -1.50. The fraction of sp³-hybridized carbons (Fsp3) is 0. The third-order valence-corrected chi connectivity index (χ3v) is 5.13. The van der Waals surface area contributed by atoms with E-state index in [-0.39, 0.29) is 10.8 Å². The summed E-state index contributed by atoms with van der Waals surface area (Å²) in [5, 5.41) is 17.9. The van der Waals surface area contributed by atoms with Crippen LogP contribution < -0.4 is 5.43 Å². The van der Waals surface area contributed by atoms with E-state index in [9.17, 15) is 5.11 Å². The summed E-state index contributed by atoms with van der Waals surface area (Å²) >= 11 is 25.1. The third-order valence-electron chi connectivity index (χ3n) is 3.14. The van der Waals surface area contributed by atoms with Gasteiger partial charge in [0.25, 0.3) is 0 Å². The van der Waals surface area contributed by atoms with E-state index in [0.717, 1.165) is 11.3 Å². The maximum atomic E-state index is 9.87. The van der Waals surface area contributed by atoms with Crippen LogP contribution in [0.2, 0.25) is 20.1 Å². The number of anilines is 1. The van der Waals surface area contributed by atoms with Gasteiger partial charge in [-0.1, -0.05) is 52.5 Å². The summed E-state index contributed by atoms with van der Waals surface area (Å²) in [7, 11) is 0. The zero-order valence-electron chi connectivity index (χ0n) is 12.3. The van der Waals surface area contributed by atoms with Crippen LogP contribution in [0.25, 0.3) is 11.3 Å². The summed E-state index contributed by atoms with van der Waals surface area (Å²) in [6.07, 6.45) is 1.41. The SMILES string of the molecule is Oc1c(Cl)cc(Cl)cc1/C=N/Nc1nc(-c2ccc(Cl)c(Cl)c2)cs1. The van der Waals surface area contributed by atoms with Gasteiger partial charge >= 0.3 is 0 Å². The molecule has 0 radical (unpaired) electrons. The van der Waals surface area contributed by atoms with Gasteiger partial charge in [-0.3, -0.25) is 5.43 Å². The van der Waals surface area contributed by atoms with Gasteiger partial charge in [0.05, 0.1) is 27.0 Å². The lowest BCUT2D eigenvalue weighted by Crippen LogP contribution is -1.91. The summed E-state index contributed by atoms with van der Waals surface area (Å²) in [5.74, 6) is -0.0905. The molecule has 0 atom stereocenters. The van der Waals surface area contributed by atoms with E-state index in [1.54, 1.807) is 18.2 Å². The van der Waals surface area contributed by atoms with Crippen molar-refractivity contribution in [3.05, 3.63) is 61.4 Å². The first kappa shape index (κ1) is 18.3. The minimum atomic E-state index is -0.0905. The highest BCUT2D eigenvalue weighted by atomic mass is 35.5. The maximum absolute atomic E-state index is 9.87. The second-order valence-electron chi connectivity index (χ2n) is 4.86. The normalized spacial score (nSPS) is 11.2. The number of phenols is 1. The smallest absolute Gasteiger partial charge is 0.203 e. The standard InChI is InChI=1S/C16H9Cl4N3OS/c17-10-3-9(15(24)13(20)5-10)6-21-23-16-22-14(7-25-16)8-1-2-11(18)12(19)4-8/h1-7,24H,(H,22,23)/b21-6+. The molecule has 0 bridgehead atoms. The molecule has 0 saturated heterocycles.